The number of hydrogen-bond donors (Lipinski definition) is 4. The van der Waals surface area contributed by atoms with Gasteiger partial charge in [0.15, 0.2) is 0 Å². The maximum atomic E-state index is 15.4. The zero-order valence-electron chi connectivity index (χ0n) is 36.6. The second-order valence-corrected chi connectivity index (χ2v) is 22.0. The maximum absolute atomic E-state index is 15.4. The molecule has 4 heterocycles. The van der Waals surface area contributed by atoms with Gasteiger partial charge in [0.05, 0.1) is 13.2 Å². The number of hydrogen-bond acceptors (Lipinski definition) is 10. The minimum Gasteiger partial charge on any atom is -0.381 e. The molecule has 1 unspecified atom stereocenters. The Kier molecular flexibility index (Phi) is 13.2. The van der Waals surface area contributed by atoms with Crippen molar-refractivity contribution in [2.24, 2.45) is 34.0 Å². The van der Waals surface area contributed by atoms with Gasteiger partial charge in [0.2, 0.25) is 17.7 Å². The number of carbonyl (C=O) groups is 4. The minimum absolute atomic E-state index is 0.0371. The highest BCUT2D eigenvalue weighted by molar-refractivity contribution is 7.87. The molecule has 4 amide bonds. The Hall–Kier alpha value is -2.77. The molecular formula is C44H69F2N7O8S. The van der Waals surface area contributed by atoms with Crippen LogP contribution < -0.4 is 20.8 Å². The number of carbonyl (C=O) groups excluding carboxylic acids is 4. The molecule has 4 saturated heterocycles. The van der Waals surface area contributed by atoms with E-state index >= 15 is 4.79 Å². The molecule has 348 valence electrons. The highest BCUT2D eigenvalue weighted by Crippen LogP contribution is 2.88. The molecule has 18 heteroatoms. The molecule has 15 nitrogen and oxygen atoms in total. The van der Waals surface area contributed by atoms with Crippen LogP contribution in [0, 0.1) is 34.0 Å². The molecule has 7 atom stereocenters. The number of nitrogens with one attached hydrogen (secondary N) is 4. The Morgan fingerprint density at radius 1 is 0.871 bits per heavy atom. The molecular weight excluding hydrogens is 825 g/mol. The lowest BCUT2D eigenvalue weighted by Crippen LogP contribution is -2.61. The first-order valence-corrected chi connectivity index (χ1v) is 24.9. The Morgan fingerprint density at radius 2 is 1.56 bits per heavy atom. The zero-order valence-corrected chi connectivity index (χ0v) is 37.5. The summed E-state index contributed by atoms with van der Waals surface area (Å²) in [6.45, 7) is 10.5. The minimum atomic E-state index is -4.13. The zero-order chi connectivity index (χ0) is 44.1. The van der Waals surface area contributed by atoms with Crippen molar-refractivity contribution < 1.29 is 46.0 Å². The molecule has 4 aliphatic heterocycles. The number of nitrogens with zero attached hydrogens (tertiary/aromatic N) is 3. The fourth-order valence-electron chi connectivity index (χ4n) is 13.0. The van der Waals surface area contributed by atoms with E-state index in [2.05, 4.69) is 41.3 Å². The van der Waals surface area contributed by atoms with Gasteiger partial charge in [-0.2, -0.15) is 18.2 Å². The van der Waals surface area contributed by atoms with Crippen molar-refractivity contribution in [1.29, 1.82) is 0 Å². The van der Waals surface area contributed by atoms with E-state index < -0.39 is 58.0 Å². The fourth-order valence-corrected chi connectivity index (χ4v) is 14.3. The summed E-state index contributed by atoms with van der Waals surface area (Å²) in [4.78, 5) is 68.2. The van der Waals surface area contributed by atoms with Crippen LogP contribution >= 0.6 is 0 Å². The summed E-state index contributed by atoms with van der Waals surface area (Å²) in [6.07, 6.45) is 11.2. The summed E-state index contributed by atoms with van der Waals surface area (Å²) in [6, 6.07) is -2.94. The van der Waals surface area contributed by atoms with Gasteiger partial charge in [0, 0.05) is 50.2 Å². The molecule has 8 rings (SSSR count). The molecule has 0 aromatic rings. The number of alkyl halides is 2. The number of rotatable bonds is 17. The first-order valence-electron chi connectivity index (χ1n) is 23.4. The summed E-state index contributed by atoms with van der Waals surface area (Å²) in [5, 5.41) is 6.15. The number of ether oxygens (including phenoxy) is 1. The Morgan fingerprint density at radius 3 is 2.18 bits per heavy atom. The average molecular weight is 894 g/mol. The molecule has 4 saturated carbocycles. The van der Waals surface area contributed by atoms with Crippen molar-refractivity contribution in [3.8, 4) is 0 Å². The van der Waals surface area contributed by atoms with Gasteiger partial charge in [-0.1, -0.05) is 45.6 Å². The van der Waals surface area contributed by atoms with E-state index in [0.717, 1.165) is 64.2 Å². The summed E-state index contributed by atoms with van der Waals surface area (Å²) in [5.74, 6) is -2.93. The summed E-state index contributed by atoms with van der Waals surface area (Å²) >= 11 is 0. The first kappa shape index (κ1) is 45.8. The molecule has 0 aromatic heterocycles. The quantitative estimate of drug-likeness (QED) is 0.125. The van der Waals surface area contributed by atoms with Crippen molar-refractivity contribution in [2.45, 2.75) is 153 Å². The molecule has 0 radical (unpaired) electrons. The molecule has 0 bridgehead atoms. The van der Waals surface area contributed by atoms with E-state index in [9.17, 15) is 31.6 Å². The molecule has 4 aliphatic carbocycles. The van der Waals surface area contributed by atoms with E-state index in [1.54, 1.807) is 15.9 Å². The third-order valence-electron chi connectivity index (χ3n) is 17.1. The molecule has 8 aliphatic rings. The Balaban J connectivity index is 1.04. The van der Waals surface area contributed by atoms with Gasteiger partial charge in [-0.3, -0.25) is 28.9 Å². The fraction of sp³-hybridized carbons (Fsp3) is 0.864. The van der Waals surface area contributed by atoms with E-state index in [-0.39, 0.29) is 65.5 Å². The number of fused-ring (bicyclic) bond motifs is 1. The number of likely N-dealkylation sites (tertiary alicyclic amines) is 2. The molecule has 0 aromatic carbocycles. The van der Waals surface area contributed by atoms with Crippen molar-refractivity contribution in [3.63, 3.8) is 0 Å². The van der Waals surface area contributed by atoms with Gasteiger partial charge in [0.25, 0.3) is 12.3 Å². The van der Waals surface area contributed by atoms with Crippen molar-refractivity contribution in [1.82, 2.24) is 34.9 Å². The lowest BCUT2D eigenvalue weighted by molar-refractivity contribution is -0.145. The highest BCUT2D eigenvalue weighted by Gasteiger charge is 2.85. The van der Waals surface area contributed by atoms with Crippen molar-refractivity contribution in [2.75, 3.05) is 52.5 Å². The first-order chi connectivity index (χ1) is 29.6. The van der Waals surface area contributed by atoms with E-state index in [4.69, 9.17) is 9.57 Å². The molecule has 8 fully saturated rings. The summed E-state index contributed by atoms with van der Waals surface area (Å²) in [5.41, 5.74) is 0.959. The van der Waals surface area contributed by atoms with Crippen molar-refractivity contribution >= 4 is 33.8 Å². The van der Waals surface area contributed by atoms with Crippen LogP contribution in [0.15, 0.2) is 12.7 Å². The van der Waals surface area contributed by atoms with Gasteiger partial charge < -0.3 is 20.3 Å². The summed E-state index contributed by atoms with van der Waals surface area (Å²) in [7, 11) is -4.13. The summed E-state index contributed by atoms with van der Waals surface area (Å²) < 4.78 is 62.2. The van der Waals surface area contributed by atoms with Gasteiger partial charge in [-0.05, 0) is 106 Å². The van der Waals surface area contributed by atoms with Gasteiger partial charge in [-0.15, -0.1) is 6.58 Å². The Bertz CT molecular complexity index is 1820. The highest BCUT2D eigenvalue weighted by atomic mass is 32.2. The lowest BCUT2D eigenvalue weighted by atomic mass is 9.73. The van der Waals surface area contributed by atoms with Crippen LogP contribution in [0.25, 0.3) is 0 Å². The third-order valence-corrected chi connectivity index (χ3v) is 18.6. The van der Waals surface area contributed by atoms with Crippen molar-refractivity contribution in [3.05, 3.63) is 12.7 Å². The van der Waals surface area contributed by atoms with Gasteiger partial charge in [0.1, 0.15) is 23.7 Å². The van der Waals surface area contributed by atoms with Gasteiger partial charge in [-0.25, -0.2) is 13.5 Å². The number of halogens is 2. The molecule has 62 heavy (non-hydrogen) atoms. The van der Waals surface area contributed by atoms with Crippen LogP contribution in [0.2, 0.25) is 0 Å². The lowest BCUT2D eigenvalue weighted by Gasteiger charge is -2.37. The second-order valence-electron chi connectivity index (χ2n) is 20.3. The smallest absolute Gasteiger partial charge is 0.303 e. The van der Waals surface area contributed by atoms with Crippen LogP contribution in [0.4, 0.5) is 8.78 Å². The van der Waals surface area contributed by atoms with Crippen LogP contribution in [0.3, 0.4) is 0 Å². The van der Waals surface area contributed by atoms with Crippen LogP contribution in [-0.2, 0) is 39.0 Å². The SMILES string of the molecule is C=C[C@@H]1C[C@]1(NC(=O)[C@@H]1C[C@@]2(CN1C(=O)[C@@H](NC(=O)C(NOC[C@@H]1CCCN1CC(F)F)C1CCCCC1)C1CCOCC1)C(C)(C)C21CCC1)C(=O)NS(=O)(=O)N1CCCC1. The average Bonchev–Trinajstić information content (AvgIpc) is 3.61. The number of amides is 4. The van der Waals surface area contributed by atoms with E-state index in [0.29, 0.717) is 71.5 Å². The second kappa shape index (κ2) is 17.9. The number of hydroxylamine groups is 1. The Labute approximate surface area is 365 Å². The van der Waals surface area contributed by atoms with E-state index in [1.165, 1.54) is 4.31 Å². The monoisotopic (exact) mass is 893 g/mol. The predicted molar refractivity (Wildman–Crippen MR) is 225 cm³/mol. The van der Waals surface area contributed by atoms with Crippen LogP contribution in [-0.4, -0.2) is 135 Å². The van der Waals surface area contributed by atoms with E-state index in [1.807, 2.05) is 0 Å². The topological polar surface area (TPSA) is 179 Å². The normalized spacial score (nSPS) is 33.3. The predicted octanol–water partition coefficient (Wildman–Crippen LogP) is 3.41. The van der Waals surface area contributed by atoms with Gasteiger partial charge >= 0.3 is 10.2 Å². The van der Waals surface area contributed by atoms with Crippen LogP contribution in [0.1, 0.15) is 117 Å². The molecule has 4 N–H and O–H groups in total. The maximum Gasteiger partial charge on any atom is 0.303 e. The molecule has 2 spiro atoms. The largest absolute Gasteiger partial charge is 0.381 e. The standard InChI is InChI=1S/C44H69F2N7O8S/c1-4-31-24-44(31,40(57)50-62(58,59)52-20-8-9-21-52)48-37(54)33-25-43(41(2,3)42(43)17-11-18-42)28-53(33)39(56)36(30-15-22-60-23-16-30)47-38(55)35(29-12-6-5-7-13-29)49-61-27-32-14-10-19-51(32)26-34(45)46/h4,29-36,49H,1,5-28H2,2-3H3,(H,47,55)(H,48,54)(H,50,57)/t31-,32+,33+,35?,36+,43-,44-/m1/s1. The third kappa shape index (κ3) is 8.24. The van der Waals surface area contributed by atoms with Crippen LogP contribution in [0.5, 0.6) is 0 Å².